The molecule has 12 aromatic rings. The molecule has 0 aliphatic carbocycles. The van der Waals surface area contributed by atoms with Crippen LogP contribution in [-0.2, 0) is 6.18 Å². The first-order valence-electron chi connectivity index (χ1n) is 24.5. The Morgan fingerprint density at radius 1 is 0.405 bits per heavy atom. The number of fused-ring (bicyclic) bond motifs is 6. The molecule has 0 saturated heterocycles. The predicted molar refractivity (Wildman–Crippen MR) is 297 cm³/mol. The standard InChI is InChI=1S/C67H45F3N4/c1-40-10-6-14-44(28-40)48-18-23-55-56-24-19-49(45-15-7-11-41(2)29-45)34-62(56)73(61(55)33-48)65-37-59(54-27-22-53(67(68,69)70)32-52(54)39-71)60(72-5)38-66(65)74-63-35-50(46-16-8-12-42(3)30-46)20-25-57(63)58-26-21-51(36-64(58)74)47-17-9-13-43(4)31-47/h6-38H,1-4H3. The minimum absolute atomic E-state index is 0.182. The first-order valence-corrected chi connectivity index (χ1v) is 24.5. The number of aromatic nitrogens is 2. The smallest absolute Gasteiger partial charge is 0.308 e. The lowest BCUT2D eigenvalue weighted by molar-refractivity contribution is -0.137. The third kappa shape index (κ3) is 7.87. The van der Waals surface area contributed by atoms with Gasteiger partial charge in [0.05, 0.1) is 57.2 Å². The van der Waals surface area contributed by atoms with Crippen LogP contribution in [0.5, 0.6) is 0 Å². The van der Waals surface area contributed by atoms with Gasteiger partial charge in [-0.05, 0) is 132 Å². The lowest BCUT2D eigenvalue weighted by Crippen LogP contribution is -2.06. The van der Waals surface area contributed by atoms with Crippen molar-refractivity contribution in [2.45, 2.75) is 33.9 Å². The highest BCUT2D eigenvalue weighted by molar-refractivity contribution is 6.14. The first kappa shape index (κ1) is 45.7. The minimum atomic E-state index is -4.68. The van der Waals surface area contributed by atoms with Crippen molar-refractivity contribution in [1.82, 2.24) is 9.13 Å². The van der Waals surface area contributed by atoms with E-state index in [9.17, 15) is 18.4 Å². The second kappa shape index (κ2) is 17.7. The Morgan fingerprint density at radius 2 is 0.757 bits per heavy atom. The molecule has 0 fully saturated rings. The quantitative estimate of drug-likeness (QED) is 0.147. The normalized spacial score (nSPS) is 11.7. The second-order valence-corrected chi connectivity index (χ2v) is 19.4. The number of nitrogens with zero attached hydrogens (tertiary/aromatic N) is 4. The lowest BCUT2D eigenvalue weighted by Gasteiger charge is -2.21. The summed E-state index contributed by atoms with van der Waals surface area (Å²) in [4.78, 5) is 4.14. The number of alkyl halides is 3. The van der Waals surface area contributed by atoms with Gasteiger partial charge in [-0.1, -0.05) is 174 Å². The fraction of sp³-hybridized carbons (Fsp3) is 0.0746. The predicted octanol–water partition coefficient (Wildman–Crippen LogP) is 18.9. The molecule has 0 atom stereocenters. The molecule has 0 spiro atoms. The highest BCUT2D eigenvalue weighted by Gasteiger charge is 2.32. The van der Waals surface area contributed by atoms with Crippen LogP contribution in [-0.4, -0.2) is 9.13 Å². The minimum Gasteiger partial charge on any atom is -0.308 e. The molecule has 2 aromatic heterocycles. The average molecular weight is 963 g/mol. The van der Waals surface area contributed by atoms with Crippen LogP contribution in [0.2, 0.25) is 0 Å². The van der Waals surface area contributed by atoms with Gasteiger partial charge in [0.25, 0.3) is 0 Å². The Labute approximate surface area is 426 Å². The number of benzene rings is 10. The molecule has 354 valence electrons. The summed E-state index contributed by atoms with van der Waals surface area (Å²) in [5.74, 6) is 0. The van der Waals surface area contributed by atoms with E-state index >= 15 is 0 Å². The van der Waals surface area contributed by atoms with Crippen LogP contribution in [0.3, 0.4) is 0 Å². The molecule has 0 saturated carbocycles. The molecular weight excluding hydrogens is 918 g/mol. The first-order chi connectivity index (χ1) is 35.8. The highest BCUT2D eigenvalue weighted by Crippen LogP contribution is 2.47. The number of aryl methyl sites for hydroxylation is 4. The van der Waals surface area contributed by atoms with Crippen molar-refractivity contribution in [3.63, 3.8) is 0 Å². The maximum atomic E-state index is 14.3. The summed E-state index contributed by atoms with van der Waals surface area (Å²) in [6.45, 7) is 17.1. The van der Waals surface area contributed by atoms with E-state index in [-0.39, 0.29) is 16.8 Å². The zero-order valence-electron chi connectivity index (χ0n) is 41.0. The molecule has 0 aliphatic rings. The Morgan fingerprint density at radius 3 is 1.08 bits per heavy atom. The van der Waals surface area contributed by atoms with Crippen molar-refractivity contribution < 1.29 is 13.2 Å². The lowest BCUT2D eigenvalue weighted by atomic mass is 9.95. The summed E-state index contributed by atoms with van der Waals surface area (Å²) in [7, 11) is 0. The summed E-state index contributed by atoms with van der Waals surface area (Å²) in [6.07, 6.45) is -4.68. The van der Waals surface area contributed by atoms with E-state index < -0.39 is 11.7 Å². The molecule has 0 amide bonds. The monoisotopic (exact) mass is 962 g/mol. The van der Waals surface area contributed by atoms with Crippen molar-refractivity contribution in [3.05, 3.63) is 245 Å². The fourth-order valence-electron chi connectivity index (χ4n) is 10.9. The molecule has 2 heterocycles. The van der Waals surface area contributed by atoms with Crippen molar-refractivity contribution >= 4 is 49.3 Å². The van der Waals surface area contributed by atoms with Gasteiger partial charge in [-0.15, -0.1) is 0 Å². The van der Waals surface area contributed by atoms with Crippen LogP contribution >= 0.6 is 0 Å². The van der Waals surface area contributed by atoms with Gasteiger partial charge >= 0.3 is 6.18 Å². The van der Waals surface area contributed by atoms with Gasteiger partial charge in [0.15, 0.2) is 5.69 Å². The van der Waals surface area contributed by atoms with Crippen molar-refractivity contribution in [2.75, 3.05) is 0 Å². The van der Waals surface area contributed by atoms with Gasteiger partial charge in [-0.25, -0.2) is 4.85 Å². The summed E-state index contributed by atoms with van der Waals surface area (Å²) in [5, 5.41) is 14.6. The highest BCUT2D eigenvalue weighted by atomic mass is 19.4. The summed E-state index contributed by atoms with van der Waals surface area (Å²) >= 11 is 0. The Hall–Kier alpha value is -9.43. The van der Waals surface area contributed by atoms with E-state index in [0.29, 0.717) is 16.9 Å². The number of nitriles is 1. The molecule has 0 radical (unpaired) electrons. The molecule has 74 heavy (non-hydrogen) atoms. The second-order valence-electron chi connectivity index (χ2n) is 19.4. The average Bonchev–Trinajstić information content (AvgIpc) is 3.91. The van der Waals surface area contributed by atoms with Gasteiger partial charge in [0, 0.05) is 21.5 Å². The summed E-state index contributed by atoms with van der Waals surface area (Å²) in [6, 6.07) is 68.9. The zero-order chi connectivity index (χ0) is 51.0. The van der Waals surface area contributed by atoms with Gasteiger partial charge in [-0.3, -0.25) is 0 Å². The van der Waals surface area contributed by atoms with Crippen LogP contribution in [0.25, 0.3) is 115 Å². The number of halogens is 3. The van der Waals surface area contributed by atoms with Crippen molar-refractivity contribution in [1.29, 1.82) is 5.26 Å². The molecule has 0 N–H and O–H groups in total. The molecule has 12 rings (SSSR count). The fourth-order valence-corrected chi connectivity index (χ4v) is 10.9. The summed E-state index contributed by atoms with van der Waals surface area (Å²) < 4.78 is 47.4. The third-order valence-corrected chi connectivity index (χ3v) is 14.4. The number of hydrogen-bond acceptors (Lipinski definition) is 1. The summed E-state index contributed by atoms with van der Waals surface area (Å²) in [5.41, 5.74) is 17.3. The molecule has 4 nitrogen and oxygen atoms in total. The molecule has 0 aliphatic heterocycles. The number of hydrogen-bond donors (Lipinski definition) is 0. The van der Waals surface area contributed by atoms with Crippen molar-refractivity contribution in [2.24, 2.45) is 0 Å². The molecule has 10 aromatic carbocycles. The van der Waals surface area contributed by atoms with Crippen LogP contribution in [0.1, 0.15) is 33.4 Å². The van der Waals surface area contributed by atoms with E-state index in [2.05, 4.69) is 218 Å². The van der Waals surface area contributed by atoms with Crippen LogP contribution < -0.4 is 0 Å². The van der Waals surface area contributed by atoms with E-state index in [1.807, 2.05) is 12.1 Å². The van der Waals surface area contributed by atoms with Gasteiger partial charge in [0.2, 0.25) is 0 Å². The maximum Gasteiger partial charge on any atom is 0.416 e. The van der Waals surface area contributed by atoms with Gasteiger partial charge < -0.3 is 9.13 Å². The van der Waals surface area contributed by atoms with Crippen LogP contribution in [0.4, 0.5) is 18.9 Å². The topological polar surface area (TPSA) is 38.0 Å². The number of rotatable bonds is 7. The Bertz CT molecular complexity index is 4180. The SMILES string of the molecule is [C-]#[N+]c1cc(-n2c3cc(-c4cccc(C)c4)ccc3c3ccc(-c4cccc(C)c4)cc32)c(-n2c3cc(-c4cccc(C)c4)ccc3c3ccc(-c4cccc(C)c4)cc32)cc1-c1ccc(C(F)(F)F)cc1C#N. The molecular formula is C67H45F3N4. The Kier molecular flexibility index (Phi) is 10.9. The third-order valence-electron chi connectivity index (χ3n) is 14.4. The zero-order valence-corrected chi connectivity index (χ0v) is 41.0. The van der Waals surface area contributed by atoms with Gasteiger partial charge in [0.1, 0.15) is 0 Å². The Balaban J connectivity index is 1.27. The van der Waals surface area contributed by atoms with Crippen LogP contribution in [0, 0.1) is 45.6 Å². The van der Waals surface area contributed by atoms with E-state index in [1.165, 1.54) is 6.07 Å². The maximum absolute atomic E-state index is 14.3. The van der Waals surface area contributed by atoms with E-state index in [0.717, 1.165) is 123 Å². The van der Waals surface area contributed by atoms with Crippen LogP contribution in [0.15, 0.2) is 200 Å². The molecule has 0 unspecified atom stereocenters. The van der Waals surface area contributed by atoms with Crippen molar-refractivity contribution in [3.8, 4) is 73.1 Å². The van der Waals surface area contributed by atoms with E-state index in [1.54, 1.807) is 0 Å². The molecule has 7 heteroatoms. The molecule has 0 bridgehead atoms. The largest absolute Gasteiger partial charge is 0.416 e. The van der Waals surface area contributed by atoms with E-state index in [4.69, 9.17) is 6.57 Å². The van der Waals surface area contributed by atoms with Gasteiger partial charge in [-0.2, -0.15) is 18.4 Å².